The summed E-state index contributed by atoms with van der Waals surface area (Å²) >= 11 is 0. The molecule has 0 saturated carbocycles. The smallest absolute Gasteiger partial charge is 0.247 e. The first-order valence-electron chi connectivity index (χ1n) is 8.32. The molecule has 1 atom stereocenters. The zero-order valence-electron chi connectivity index (χ0n) is 15.4. The van der Waals surface area contributed by atoms with E-state index in [1.807, 2.05) is 32.0 Å². The summed E-state index contributed by atoms with van der Waals surface area (Å²) in [6.45, 7) is 5.86. The molecule has 2 aromatic carbocycles. The number of nitrogens with zero attached hydrogens (tertiary/aromatic N) is 1. The monoisotopic (exact) mass is 376 g/mol. The Balaban J connectivity index is 2.27. The van der Waals surface area contributed by atoms with E-state index in [4.69, 9.17) is 4.74 Å². The summed E-state index contributed by atoms with van der Waals surface area (Å²) in [7, 11) is -3.66. The molecule has 0 aliphatic rings. The van der Waals surface area contributed by atoms with Crippen molar-refractivity contribution in [2.45, 2.75) is 26.8 Å². The molecule has 2 aromatic rings. The summed E-state index contributed by atoms with van der Waals surface area (Å²) in [5.41, 5.74) is 2.03. The van der Waals surface area contributed by atoms with Crippen LogP contribution in [0.25, 0.3) is 0 Å². The Labute approximate surface area is 154 Å². The van der Waals surface area contributed by atoms with Gasteiger partial charge in [0.25, 0.3) is 0 Å². The molecule has 0 radical (unpaired) electrons. The van der Waals surface area contributed by atoms with Crippen molar-refractivity contribution < 1.29 is 17.9 Å². The number of carbonyl (C=O) groups excluding carboxylic acids is 1. The van der Waals surface area contributed by atoms with Gasteiger partial charge in [-0.1, -0.05) is 12.1 Å². The quantitative estimate of drug-likeness (QED) is 0.805. The Bertz CT molecular complexity index is 863. The van der Waals surface area contributed by atoms with Crippen molar-refractivity contribution in [3.63, 3.8) is 0 Å². The second-order valence-electron chi connectivity index (χ2n) is 6.02. The summed E-state index contributed by atoms with van der Waals surface area (Å²) in [5, 5.41) is 2.77. The molecule has 0 unspecified atom stereocenters. The van der Waals surface area contributed by atoms with Gasteiger partial charge in [-0.15, -0.1) is 0 Å². The van der Waals surface area contributed by atoms with Gasteiger partial charge in [-0.25, -0.2) is 8.42 Å². The molecule has 26 heavy (non-hydrogen) atoms. The summed E-state index contributed by atoms with van der Waals surface area (Å²) in [4.78, 5) is 12.6. The molecule has 2 rings (SSSR count). The normalized spacial score (nSPS) is 12.3. The van der Waals surface area contributed by atoms with Crippen LogP contribution in [0, 0.1) is 6.92 Å². The zero-order valence-corrected chi connectivity index (χ0v) is 16.2. The average molecular weight is 376 g/mol. The van der Waals surface area contributed by atoms with Crippen LogP contribution in [-0.2, 0) is 14.8 Å². The molecular formula is C19H24N2O4S. The number of hydrogen-bond acceptors (Lipinski definition) is 4. The van der Waals surface area contributed by atoms with Crippen LogP contribution >= 0.6 is 0 Å². The van der Waals surface area contributed by atoms with Gasteiger partial charge in [-0.05, 0) is 62.7 Å². The van der Waals surface area contributed by atoms with E-state index in [9.17, 15) is 13.2 Å². The van der Waals surface area contributed by atoms with Gasteiger partial charge in [-0.2, -0.15) is 0 Å². The first-order valence-corrected chi connectivity index (χ1v) is 10.2. The zero-order chi connectivity index (χ0) is 19.3. The van der Waals surface area contributed by atoms with Crippen molar-refractivity contribution in [3.05, 3.63) is 54.1 Å². The highest BCUT2D eigenvalue weighted by molar-refractivity contribution is 7.92. The molecule has 0 aliphatic heterocycles. The Morgan fingerprint density at radius 1 is 1.19 bits per heavy atom. The maximum atomic E-state index is 12.6. The van der Waals surface area contributed by atoms with Gasteiger partial charge in [0.15, 0.2) is 0 Å². The topological polar surface area (TPSA) is 75.7 Å². The van der Waals surface area contributed by atoms with E-state index in [0.29, 0.717) is 23.7 Å². The van der Waals surface area contributed by atoms with Gasteiger partial charge in [0.05, 0.1) is 18.6 Å². The molecule has 1 N–H and O–H groups in total. The SMILES string of the molecule is CCOc1ccc(N([C@H](C)C(=O)Nc2cccc(C)c2)S(C)(=O)=O)cc1. The van der Waals surface area contributed by atoms with E-state index in [1.165, 1.54) is 0 Å². The van der Waals surface area contributed by atoms with E-state index < -0.39 is 22.0 Å². The number of anilines is 2. The predicted molar refractivity (Wildman–Crippen MR) is 104 cm³/mol. The molecule has 7 heteroatoms. The predicted octanol–water partition coefficient (Wildman–Crippen LogP) is 3.19. The number of rotatable bonds is 7. The molecule has 1 amide bonds. The average Bonchev–Trinajstić information content (AvgIpc) is 2.55. The van der Waals surface area contributed by atoms with Crippen molar-refractivity contribution in [2.24, 2.45) is 0 Å². The van der Waals surface area contributed by atoms with Crippen molar-refractivity contribution >= 4 is 27.3 Å². The van der Waals surface area contributed by atoms with Crippen LogP contribution in [0.5, 0.6) is 5.75 Å². The van der Waals surface area contributed by atoms with Crippen LogP contribution in [0.2, 0.25) is 0 Å². The summed E-state index contributed by atoms with van der Waals surface area (Å²) < 4.78 is 31.1. The number of hydrogen-bond donors (Lipinski definition) is 1. The van der Waals surface area contributed by atoms with Crippen molar-refractivity contribution in [2.75, 3.05) is 22.5 Å². The van der Waals surface area contributed by atoms with Crippen LogP contribution < -0.4 is 14.4 Å². The van der Waals surface area contributed by atoms with Crippen molar-refractivity contribution in [1.82, 2.24) is 0 Å². The Morgan fingerprint density at radius 2 is 1.85 bits per heavy atom. The number of aryl methyl sites for hydroxylation is 1. The molecule has 0 heterocycles. The highest BCUT2D eigenvalue weighted by Gasteiger charge is 2.29. The fraction of sp³-hybridized carbons (Fsp3) is 0.316. The molecule has 0 aromatic heterocycles. The maximum Gasteiger partial charge on any atom is 0.247 e. The fourth-order valence-corrected chi connectivity index (χ4v) is 3.81. The van der Waals surface area contributed by atoms with Crippen LogP contribution in [-0.4, -0.2) is 33.2 Å². The van der Waals surface area contributed by atoms with Gasteiger partial charge in [-0.3, -0.25) is 9.10 Å². The molecule has 0 aliphatic carbocycles. The second kappa shape index (κ2) is 8.23. The lowest BCUT2D eigenvalue weighted by molar-refractivity contribution is -0.116. The van der Waals surface area contributed by atoms with E-state index in [0.717, 1.165) is 16.1 Å². The van der Waals surface area contributed by atoms with Crippen molar-refractivity contribution in [3.8, 4) is 5.75 Å². The standard InChI is InChI=1S/C19H24N2O4S/c1-5-25-18-11-9-17(10-12-18)21(26(4,23)24)15(3)19(22)20-16-8-6-7-14(2)13-16/h6-13,15H,5H2,1-4H3,(H,20,22)/t15-/m1/s1. The summed E-state index contributed by atoms with van der Waals surface area (Å²) in [5.74, 6) is 0.233. The molecule has 0 spiro atoms. The number of carbonyl (C=O) groups is 1. The van der Waals surface area contributed by atoms with Gasteiger partial charge in [0.1, 0.15) is 11.8 Å². The van der Waals surface area contributed by atoms with Crippen LogP contribution in [0.4, 0.5) is 11.4 Å². The molecular weight excluding hydrogens is 352 g/mol. The van der Waals surface area contributed by atoms with Crippen molar-refractivity contribution in [1.29, 1.82) is 0 Å². The summed E-state index contributed by atoms with van der Waals surface area (Å²) in [6.07, 6.45) is 1.08. The highest BCUT2D eigenvalue weighted by Crippen LogP contribution is 2.24. The highest BCUT2D eigenvalue weighted by atomic mass is 32.2. The van der Waals surface area contributed by atoms with Gasteiger partial charge in [0.2, 0.25) is 15.9 Å². The lowest BCUT2D eigenvalue weighted by Crippen LogP contribution is -2.45. The van der Waals surface area contributed by atoms with Gasteiger partial charge >= 0.3 is 0 Å². The van der Waals surface area contributed by atoms with E-state index in [-0.39, 0.29) is 0 Å². The number of ether oxygens (including phenoxy) is 1. The van der Waals surface area contributed by atoms with Gasteiger partial charge in [0, 0.05) is 5.69 Å². The number of sulfonamides is 1. The number of benzene rings is 2. The third kappa shape index (κ3) is 4.98. The number of amides is 1. The van der Waals surface area contributed by atoms with Crippen LogP contribution in [0.15, 0.2) is 48.5 Å². The number of nitrogens with one attached hydrogen (secondary N) is 1. The van der Waals surface area contributed by atoms with Gasteiger partial charge < -0.3 is 10.1 Å². The largest absolute Gasteiger partial charge is 0.494 e. The molecule has 0 saturated heterocycles. The minimum Gasteiger partial charge on any atom is -0.494 e. The Hall–Kier alpha value is -2.54. The van der Waals surface area contributed by atoms with E-state index in [2.05, 4.69) is 5.32 Å². The minimum absolute atomic E-state index is 0.405. The molecule has 0 fully saturated rings. The third-order valence-electron chi connectivity index (χ3n) is 3.78. The van der Waals surface area contributed by atoms with Crippen LogP contribution in [0.3, 0.4) is 0 Å². The molecule has 140 valence electrons. The fourth-order valence-electron chi connectivity index (χ4n) is 2.63. The lowest BCUT2D eigenvalue weighted by Gasteiger charge is -2.28. The first-order chi connectivity index (χ1) is 12.2. The summed E-state index contributed by atoms with van der Waals surface area (Å²) in [6, 6.07) is 13.0. The Kier molecular flexibility index (Phi) is 6.26. The molecule has 0 bridgehead atoms. The lowest BCUT2D eigenvalue weighted by atomic mass is 10.2. The third-order valence-corrected chi connectivity index (χ3v) is 5.02. The minimum atomic E-state index is -3.66. The van der Waals surface area contributed by atoms with E-state index in [1.54, 1.807) is 37.3 Å². The van der Waals surface area contributed by atoms with Crippen LogP contribution in [0.1, 0.15) is 19.4 Å². The second-order valence-corrected chi connectivity index (χ2v) is 7.88. The Morgan fingerprint density at radius 3 is 2.38 bits per heavy atom. The van der Waals surface area contributed by atoms with E-state index >= 15 is 0 Å². The molecule has 6 nitrogen and oxygen atoms in total. The first kappa shape index (κ1) is 19.8. The maximum absolute atomic E-state index is 12.6.